The number of nitro groups is 1. The molecule has 0 radical (unpaired) electrons. The Balaban J connectivity index is 3.58. The van der Waals surface area contributed by atoms with E-state index in [-0.39, 0.29) is 10.9 Å². The van der Waals surface area contributed by atoms with Gasteiger partial charge in [0.05, 0.1) is 10.5 Å². The van der Waals surface area contributed by atoms with Gasteiger partial charge in [0.15, 0.2) is 0 Å². The summed E-state index contributed by atoms with van der Waals surface area (Å²) in [5.74, 6) is 0. The summed E-state index contributed by atoms with van der Waals surface area (Å²) in [4.78, 5) is 9.81. The molecule has 8 heteroatoms. The fourth-order valence-electron chi connectivity index (χ4n) is 1.26. The molecule has 1 rings (SSSR count). The highest BCUT2D eigenvalue weighted by atomic mass is 79.9. The molecule has 0 N–H and O–H groups in total. The van der Waals surface area contributed by atoms with Crippen molar-refractivity contribution in [3.05, 3.63) is 38.9 Å². The zero-order valence-corrected chi connectivity index (χ0v) is 9.67. The monoisotopic (exact) mass is 308 g/mol. The standard InChI is InChI=1S/C9H4BrF3N2O2/c10-3-5-1-7(9(11,12)13)2-6(4-14)8(5)15(16)17/h1-2H,3H2. The summed E-state index contributed by atoms with van der Waals surface area (Å²) < 4.78 is 37.4. The lowest BCUT2D eigenvalue weighted by molar-refractivity contribution is -0.385. The Kier molecular flexibility index (Phi) is 3.72. The van der Waals surface area contributed by atoms with E-state index in [1.54, 1.807) is 0 Å². The number of rotatable bonds is 2. The second-order valence-electron chi connectivity index (χ2n) is 3.03. The minimum Gasteiger partial charge on any atom is -0.258 e. The molecule has 0 amide bonds. The molecule has 0 aliphatic heterocycles. The molecule has 4 nitrogen and oxygen atoms in total. The fraction of sp³-hybridized carbons (Fsp3) is 0.222. The van der Waals surface area contributed by atoms with Crippen molar-refractivity contribution in [1.82, 2.24) is 0 Å². The predicted molar refractivity (Wildman–Crippen MR) is 55.4 cm³/mol. The smallest absolute Gasteiger partial charge is 0.258 e. The van der Waals surface area contributed by atoms with Crippen LogP contribution in [-0.2, 0) is 11.5 Å². The SMILES string of the molecule is N#Cc1cc(C(F)(F)F)cc(CBr)c1[N+](=O)[O-]. The van der Waals surface area contributed by atoms with Gasteiger partial charge in [-0.1, -0.05) is 15.9 Å². The summed E-state index contributed by atoms with van der Waals surface area (Å²) in [7, 11) is 0. The van der Waals surface area contributed by atoms with Gasteiger partial charge in [-0.25, -0.2) is 0 Å². The Morgan fingerprint density at radius 1 is 1.47 bits per heavy atom. The molecule has 0 saturated carbocycles. The minimum atomic E-state index is -4.64. The van der Waals surface area contributed by atoms with E-state index >= 15 is 0 Å². The van der Waals surface area contributed by atoms with Gasteiger partial charge in [-0.05, 0) is 12.1 Å². The average molecular weight is 309 g/mol. The number of benzene rings is 1. The molecule has 1 aromatic carbocycles. The molecule has 90 valence electrons. The van der Waals surface area contributed by atoms with E-state index in [4.69, 9.17) is 5.26 Å². The molecule has 17 heavy (non-hydrogen) atoms. The summed E-state index contributed by atoms with van der Waals surface area (Å²) in [5, 5.41) is 19.2. The first kappa shape index (κ1) is 13.4. The maximum Gasteiger partial charge on any atom is 0.416 e. The highest BCUT2D eigenvalue weighted by Gasteiger charge is 2.34. The molecule has 0 heterocycles. The van der Waals surface area contributed by atoms with E-state index in [9.17, 15) is 23.3 Å². The first-order valence-corrected chi connectivity index (χ1v) is 5.28. The zero-order chi connectivity index (χ0) is 13.2. The Morgan fingerprint density at radius 2 is 2.06 bits per heavy atom. The second kappa shape index (κ2) is 4.71. The maximum absolute atomic E-state index is 12.5. The molecular weight excluding hydrogens is 305 g/mol. The van der Waals surface area contributed by atoms with E-state index in [0.29, 0.717) is 12.1 Å². The second-order valence-corrected chi connectivity index (χ2v) is 3.59. The van der Waals surface area contributed by atoms with Crippen molar-refractivity contribution in [1.29, 1.82) is 5.26 Å². The molecule has 0 fully saturated rings. The number of alkyl halides is 4. The fourth-order valence-corrected chi connectivity index (χ4v) is 1.69. The molecule has 0 saturated heterocycles. The van der Waals surface area contributed by atoms with Crippen molar-refractivity contribution >= 4 is 21.6 Å². The van der Waals surface area contributed by atoms with Crippen LogP contribution in [0.3, 0.4) is 0 Å². The highest BCUT2D eigenvalue weighted by molar-refractivity contribution is 9.08. The summed E-state index contributed by atoms with van der Waals surface area (Å²) in [6.45, 7) is 0. The summed E-state index contributed by atoms with van der Waals surface area (Å²) in [6, 6.07) is 2.54. The molecule has 0 aromatic heterocycles. The van der Waals surface area contributed by atoms with Crippen LogP contribution < -0.4 is 0 Å². The van der Waals surface area contributed by atoms with Crippen molar-refractivity contribution in [2.24, 2.45) is 0 Å². The van der Waals surface area contributed by atoms with E-state index < -0.39 is 27.9 Å². The Hall–Kier alpha value is -1.62. The van der Waals surface area contributed by atoms with Gasteiger partial charge in [-0.3, -0.25) is 10.1 Å². The van der Waals surface area contributed by atoms with Crippen molar-refractivity contribution in [2.45, 2.75) is 11.5 Å². The van der Waals surface area contributed by atoms with Crippen LogP contribution >= 0.6 is 15.9 Å². The Morgan fingerprint density at radius 3 is 2.41 bits per heavy atom. The molecule has 0 aliphatic carbocycles. The largest absolute Gasteiger partial charge is 0.416 e. The number of halogens is 4. The van der Waals surface area contributed by atoms with Gasteiger partial charge < -0.3 is 0 Å². The third-order valence-electron chi connectivity index (χ3n) is 1.96. The van der Waals surface area contributed by atoms with Gasteiger partial charge in [0, 0.05) is 10.9 Å². The Labute approximate surface area is 102 Å². The normalized spacial score (nSPS) is 11.0. The number of nitro benzene ring substituents is 1. The number of nitrogens with zero attached hydrogens (tertiary/aromatic N) is 2. The van der Waals surface area contributed by atoms with Crippen LogP contribution in [0.15, 0.2) is 12.1 Å². The zero-order valence-electron chi connectivity index (χ0n) is 8.08. The highest BCUT2D eigenvalue weighted by Crippen LogP contribution is 2.35. The van der Waals surface area contributed by atoms with Crippen LogP contribution in [0.25, 0.3) is 0 Å². The molecule has 0 aliphatic rings. The van der Waals surface area contributed by atoms with Gasteiger partial charge in [0.2, 0.25) is 0 Å². The van der Waals surface area contributed by atoms with Gasteiger partial charge in [-0.2, -0.15) is 18.4 Å². The lowest BCUT2D eigenvalue weighted by atomic mass is 10.0. The van der Waals surface area contributed by atoms with Crippen molar-refractivity contribution in [3.8, 4) is 6.07 Å². The number of nitriles is 1. The van der Waals surface area contributed by atoms with Gasteiger partial charge >= 0.3 is 6.18 Å². The first-order chi connectivity index (χ1) is 7.81. The third-order valence-corrected chi connectivity index (χ3v) is 2.57. The minimum absolute atomic E-state index is 0.137. The molecule has 0 unspecified atom stereocenters. The quantitative estimate of drug-likeness (QED) is 0.478. The van der Waals surface area contributed by atoms with Crippen LogP contribution in [0.2, 0.25) is 0 Å². The summed E-state index contributed by atoms with van der Waals surface area (Å²) >= 11 is 2.86. The molecule has 0 atom stereocenters. The number of hydrogen-bond donors (Lipinski definition) is 0. The summed E-state index contributed by atoms with van der Waals surface area (Å²) in [5.41, 5.74) is -2.45. The van der Waals surface area contributed by atoms with Crippen molar-refractivity contribution in [3.63, 3.8) is 0 Å². The summed E-state index contributed by atoms with van der Waals surface area (Å²) in [6.07, 6.45) is -4.64. The number of hydrogen-bond acceptors (Lipinski definition) is 3. The first-order valence-electron chi connectivity index (χ1n) is 4.15. The molecule has 1 aromatic rings. The molecule has 0 spiro atoms. The van der Waals surface area contributed by atoms with Crippen LogP contribution in [0, 0.1) is 21.4 Å². The van der Waals surface area contributed by atoms with E-state index in [1.165, 1.54) is 6.07 Å². The van der Waals surface area contributed by atoms with E-state index in [2.05, 4.69) is 15.9 Å². The Bertz CT molecular complexity index is 508. The van der Waals surface area contributed by atoms with Crippen LogP contribution in [0.1, 0.15) is 16.7 Å². The lowest BCUT2D eigenvalue weighted by Crippen LogP contribution is -2.08. The third kappa shape index (κ3) is 2.74. The van der Waals surface area contributed by atoms with Gasteiger partial charge in [0.25, 0.3) is 5.69 Å². The van der Waals surface area contributed by atoms with Crippen molar-refractivity contribution in [2.75, 3.05) is 0 Å². The molecular formula is C9H4BrF3N2O2. The predicted octanol–water partition coefficient (Wildman–Crippen LogP) is 3.38. The maximum atomic E-state index is 12.5. The lowest BCUT2D eigenvalue weighted by Gasteiger charge is -2.09. The van der Waals surface area contributed by atoms with E-state index in [0.717, 1.165) is 0 Å². The van der Waals surface area contributed by atoms with Gasteiger partial charge in [0.1, 0.15) is 11.6 Å². The van der Waals surface area contributed by atoms with Crippen LogP contribution in [0.4, 0.5) is 18.9 Å². The van der Waals surface area contributed by atoms with Crippen LogP contribution in [0.5, 0.6) is 0 Å². The topological polar surface area (TPSA) is 66.9 Å². The van der Waals surface area contributed by atoms with E-state index in [1.807, 2.05) is 0 Å². The molecule has 0 bridgehead atoms. The van der Waals surface area contributed by atoms with Gasteiger partial charge in [-0.15, -0.1) is 0 Å². The average Bonchev–Trinajstić information content (AvgIpc) is 2.25. The van der Waals surface area contributed by atoms with Crippen LogP contribution in [-0.4, -0.2) is 4.92 Å². The van der Waals surface area contributed by atoms with Crippen molar-refractivity contribution < 1.29 is 18.1 Å².